The SMILES string of the molecule is CC(CC1CC1)Nc1nc(N)ncc1[N+](=O)[O-]. The zero-order valence-electron chi connectivity index (χ0n) is 9.59. The lowest BCUT2D eigenvalue weighted by Gasteiger charge is -2.13. The summed E-state index contributed by atoms with van der Waals surface area (Å²) < 4.78 is 0. The normalized spacial score (nSPS) is 16.5. The minimum atomic E-state index is -0.508. The van der Waals surface area contributed by atoms with Gasteiger partial charge in [0.05, 0.1) is 4.92 Å². The summed E-state index contributed by atoms with van der Waals surface area (Å²) in [4.78, 5) is 17.8. The fourth-order valence-electron chi connectivity index (χ4n) is 1.77. The van der Waals surface area contributed by atoms with Crippen molar-refractivity contribution in [2.24, 2.45) is 5.92 Å². The second kappa shape index (κ2) is 4.52. The maximum Gasteiger partial charge on any atom is 0.329 e. The number of anilines is 2. The topological polar surface area (TPSA) is 107 Å². The highest BCUT2D eigenvalue weighted by atomic mass is 16.6. The highest BCUT2D eigenvalue weighted by Crippen LogP contribution is 2.34. The van der Waals surface area contributed by atoms with Crippen LogP contribution in [-0.4, -0.2) is 20.9 Å². The molecular weight excluding hydrogens is 222 g/mol. The highest BCUT2D eigenvalue weighted by molar-refractivity contribution is 5.56. The molecule has 0 aliphatic heterocycles. The fraction of sp³-hybridized carbons (Fsp3) is 0.600. The summed E-state index contributed by atoms with van der Waals surface area (Å²) in [6.07, 6.45) is 4.63. The number of nitrogens with one attached hydrogen (secondary N) is 1. The summed E-state index contributed by atoms with van der Waals surface area (Å²) in [7, 11) is 0. The summed E-state index contributed by atoms with van der Waals surface area (Å²) >= 11 is 0. The summed E-state index contributed by atoms with van der Waals surface area (Å²) in [5.41, 5.74) is 5.29. The van der Waals surface area contributed by atoms with E-state index in [-0.39, 0.29) is 23.5 Å². The molecule has 3 N–H and O–H groups in total. The van der Waals surface area contributed by atoms with Crippen LogP contribution in [0, 0.1) is 16.0 Å². The molecule has 0 saturated heterocycles. The van der Waals surface area contributed by atoms with Crippen molar-refractivity contribution in [3.63, 3.8) is 0 Å². The van der Waals surface area contributed by atoms with E-state index in [4.69, 9.17) is 5.73 Å². The molecule has 1 aliphatic carbocycles. The van der Waals surface area contributed by atoms with Crippen LogP contribution in [0.5, 0.6) is 0 Å². The van der Waals surface area contributed by atoms with Gasteiger partial charge in [-0.2, -0.15) is 4.98 Å². The first-order valence-corrected chi connectivity index (χ1v) is 5.59. The third kappa shape index (κ3) is 3.02. The second-order valence-electron chi connectivity index (χ2n) is 4.44. The van der Waals surface area contributed by atoms with Crippen LogP contribution in [-0.2, 0) is 0 Å². The van der Waals surface area contributed by atoms with Crippen LogP contribution in [0.1, 0.15) is 26.2 Å². The van der Waals surface area contributed by atoms with Gasteiger partial charge in [-0.05, 0) is 19.3 Å². The van der Waals surface area contributed by atoms with Crippen LogP contribution in [0.2, 0.25) is 0 Å². The Morgan fingerprint density at radius 3 is 3.00 bits per heavy atom. The van der Waals surface area contributed by atoms with Crippen molar-refractivity contribution in [3.05, 3.63) is 16.3 Å². The molecule has 1 atom stereocenters. The molecule has 1 aromatic rings. The van der Waals surface area contributed by atoms with E-state index in [0.29, 0.717) is 0 Å². The number of rotatable bonds is 5. The fourth-order valence-corrected chi connectivity index (χ4v) is 1.77. The number of aromatic nitrogens is 2. The van der Waals surface area contributed by atoms with Crippen molar-refractivity contribution in [2.45, 2.75) is 32.2 Å². The molecule has 92 valence electrons. The quantitative estimate of drug-likeness (QED) is 0.594. The molecule has 0 spiro atoms. The molecule has 7 nitrogen and oxygen atoms in total. The van der Waals surface area contributed by atoms with Crippen molar-refractivity contribution in [2.75, 3.05) is 11.1 Å². The lowest BCUT2D eigenvalue weighted by molar-refractivity contribution is -0.384. The van der Waals surface area contributed by atoms with Crippen molar-refractivity contribution in [1.29, 1.82) is 0 Å². The zero-order valence-corrected chi connectivity index (χ0v) is 9.59. The lowest BCUT2D eigenvalue weighted by atomic mass is 10.1. The van der Waals surface area contributed by atoms with Crippen molar-refractivity contribution in [3.8, 4) is 0 Å². The molecule has 1 saturated carbocycles. The maximum absolute atomic E-state index is 10.8. The zero-order chi connectivity index (χ0) is 12.4. The van der Waals surface area contributed by atoms with Gasteiger partial charge in [-0.25, -0.2) is 4.98 Å². The highest BCUT2D eigenvalue weighted by Gasteiger charge is 2.25. The number of nitrogens with two attached hydrogens (primary N) is 1. The predicted molar refractivity (Wildman–Crippen MR) is 63.5 cm³/mol. The van der Waals surface area contributed by atoms with Crippen LogP contribution in [0.4, 0.5) is 17.5 Å². The largest absolute Gasteiger partial charge is 0.368 e. The van der Waals surface area contributed by atoms with Gasteiger partial charge in [0.15, 0.2) is 0 Å². The number of hydrogen-bond donors (Lipinski definition) is 2. The van der Waals surface area contributed by atoms with E-state index in [1.807, 2.05) is 6.92 Å². The lowest BCUT2D eigenvalue weighted by Crippen LogP contribution is -2.18. The van der Waals surface area contributed by atoms with Crippen molar-refractivity contribution in [1.82, 2.24) is 9.97 Å². The summed E-state index contributed by atoms with van der Waals surface area (Å²) in [5.74, 6) is 0.989. The number of nitro groups is 1. The molecule has 7 heteroatoms. The minimum Gasteiger partial charge on any atom is -0.368 e. The van der Waals surface area contributed by atoms with Crippen molar-refractivity contribution < 1.29 is 4.92 Å². The van der Waals surface area contributed by atoms with Gasteiger partial charge in [0.1, 0.15) is 6.20 Å². The minimum absolute atomic E-state index is 0.0386. The maximum atomic E-state index is 10.8. The van der Waals surface area contributed by atoms with E-state index in [9.17, 15) is 10.1 Å². The van der Waals surface area contributed by atoms with Gasteiger partial charge in [0.2, 0.25) is 11.8 Å². The first kappa shape index (κ1) is 11.6. The van der Waals surface area contributed by atoms with Gasteiger partial charge in [-0.15, -0.1) is 0 Å². The molecule has 1 heterocycles. The smallest absolute Gasteiger partial charge is 0.329 e. The average molecular weight is 237 g/mol. The Hall–Kier alpha value is -1.92. The molecule has 17 heavy (non-hydrogen) atoms. The van der Waals surface area contributed by atoms with Crippen LogP contribution >= 0.6 is 0 Å². The van der Waals surface area contributed by atoms with E-state index in [0.717, 1.165) is 18.5 Å². The Balaban J connectivity index is 2.11. The molecule has 0 aromatic carbocycles. The first-order valence-electron chi connectivity index (χ1n) is 5.59. The third-order valence-corrected chi connectivity index (χ3v) is 2.75. The van der Waals surface area contributed by atoms with Gasteiger partial charge in [-0.1, -0.05) is 12.8 Å². The van der Waals surface area contributed by atoms with E-state index >= 15 is 0 Å². The van der Waals surface area contributed by atoms with Crippen LogP contribution in [0.15, 0.2) is 6.20 Å². The molecule has 2 rings (SSSR count). The monoisotopic (exact) mass is 237 g/mol. The molecule has 0 radical (unpaired) electrons. The summed E-state index contributed by atoms with van der Waals surface area (Å²) in [6.45, 7) is 1.99. The average Bonchev–Trinajstić information content (AvgIpc) is 3.00. The van der Waals surface area contributed by atoms with Gasteiger partial charge in [0, 0.05) is 6.04 Å². The molecule has 1 fully saturated rings. The van der Waals surface area contributed by atoms with Crippen LogP contribution in [0.3, 0.4) is 0 Å². The van der Waals surface area contributed by atoms with Gasteiger partial charge < -0.3 is 11.1 Å². The molecule has 1 aliphatic rings. The van der Waals surface area contributed by atoms with Gasteiger partial charge >= 0.3 is 5.69 Å². The van der Waals surface area contributed by atoms with Gasteiger partial charge in [0.25, 0.3) is 0 Å². The molecule has 0 amide bonds. The molecule has 0 bridgehead atoms. The van der Waals surface area contributed by atoms with Crippen molar-refractivity contribution >= 4 is 17.5 Å². The van der Waals surface area contributed by atoms with E-state index in [2.05, 4.69) is 15.3 Å². The Morgan fingerprint density at radius 2 is 2.41 bits per heavy atom. The Labute approximate surface area is 98.6 Å². The Kier molecular flexibility index (Phi) is 3.08. The van der Waals surface area contributed by atoms with Crippen LogP contribution in [0.25, 0.3) is 0 Å². The Bertz CT molecular complexity index is 433. The molecular formula is C10H15N5O2. The Morgan fingerprint density at radius 1 is 1.71 bits per heavy atom. The molecule has 1 aromatic heterocycles. The first-order chi connectivity index (χ1) is 8.06. The predicted octanol–water partition coefficient (Wildman–Crippen LogP) is 1.57. The number of nitrogen functional groups attached to an aromatic ring is 1. The standard InChI is InChI=1S/C10H15N5O2/c1-6(4-7-2-3-7)13-9-8(15(16)17)5-12-10(11)14-9/h5-7H,2-4H2,1H3,(H3,11,12,13,14). The summed E-state index contributed by atoms with van der Waals surface area (Å²) in [6, 6.07) is 0.149. The third-order valence-electron chi connectivity index (χ3n) is 2.75. The molecule has 1 unspecified atom stereocenters. The second-order valence-corrected chi connectivity index (χ2v) is 4.44. The van der Waals surface area contributed by atoms with E-state index in [1.165, 1.54) is 12.8 Å². The van der Waals surface area contributed by atoms with E-state index < -0.39 is 4.92 Å². The number of hydrogen-bond acceptors (Lipinski definition) is 6. The van der Waals surface area contributed by atoms with Gasteiger partial charge in [-0.3, -0.25) is 10.1 Å². The van der Waals surface area contributed by atoms with Crippen LogP contribution < -0.4 is 11.1 Å². The van der Waals surface area contributed by atoms with E-state index in [1.54, 1.807) is 0 Å². The summed E-state index contributed by atoms with van der Waals surface area (Å²) in [5, 5.41) is 13.8. The number of nitrogens with zero attached hydrogens (tertiary/aromatic N) is 3.